The van der Waals surface area contributed by atoms with Gasteiger partial charge in [-0.15, -0.1) is 5.10 Å². The number of benzene rings is 1. The quantitative estimate of drug-likeness (QED) is 0.758. The van der Waals surface area contributed by atoms with Crippen LogP contribution in [0.4, 0.5) is 5.82 Å². The number of nitrogen functional groups attached to an aromatic ring is 1. The molecular formula is C14H13N5. The van der Waals surface area contributed by atoms with Crippen LogP contribution in [-0.2, 0) is 0 Å². The molecule has 19 heavy (non-hydrogen) atoms. The van der Waals surface area contributed by atoms with Crippen LogP contribution in [0.2, 0.25) is 0 Å². The highest BCUT2D eigenvalue weighted by molar-refractivity contribution is 5.64. The number of pyridine rings is 1. The van der Waals surface area contributed by atoms with E-state index in [4.69, 9.17) is 5.73 Å². The summed E-state index contributed by atoms with van der Waals surface area (Å²) in [6.45, 7) is 1.92. The highest BCUT2D eigenvalue weighted by Gasteiger charge is 2.11. The Morgan fingerprint density at radius 1 is 1.05 bits per heavy atom. The van der Waals surface area contributed by atoms with Gasteiger partial charge in [-0.3, -0.25) is 0 Å². The van der Waals surface area contributed by atoms with Crippen LogP contribution in [0.15, 0.2) is 48.7 Å². The zero-order chi connectivity index (χ0) is 13.2. The van der Waals surface area contributed by atoms with Gasteiger partial charge in [-0.1, -0.05) is 23.4 Å². The SMILES string of the molecule is Cc1nc(N)ccc1-c1cnnn1-c1ccccc1. The minimum atomic E-state index is 0.514. The number of para-hydroxylation sites is 1. The van der Waals surface area contributed by atoms with Gasteiger partial charge in [-0.05, 0) is 31.2 Å². The molecule has 0 bridgehead atoms. The largest absolute Gasteiger partial charge is 0.384 e. The number of rotatable bonds is 2. The summed E-state index contributed by atoms with van der Waals surface area (Å²) in [6, 6.07) is 13.6. The van der Waals surface area contributed by atoms with Crippen LogP contribution in [0, 0.1) is 6.92 Å². The molecule has 1 aromatic carbocycles. The zero-order valence-electron chi connectivity index (χ0n) is 10.5. The number of hydrogen-bond acceptors (Lipinski definition) is 4. The van der Waals surface area contributed by atoms with Crippen molar-refractivity contribution in [2.24, 2.45) is 0 Å². The summed E-state index contributed by atoms with van der Waals surface area (Å²) in [7, 11) is 0. The summed E-state index contributed by atoms with van der Waals surface area (Å²) in [5.41, 5.74) is 9.38. The van der Waals surface area contributed by atoms with Crippen LogP contribution in [0.1, 0.15) is 5.69 Å². The molecule has 0 amide bonds. The Kier molecular flexibility index (Phi) is 2.72. The fourth-order valence-corrected chi connectivity index (χ4v) is 2.03. The minimum Gasteiger partial charge on any atom is -0.384 e. The van der Waals surface area contributed by atoms with E-state index in [2.05, 4.69) is 15.3 Å². The lowest BCUT2D eigenvalue weighted by Crippen LogP contribution is -2.01. The van der Waals surface area contributed by atoms with Crippen LogP contribution in [0.25, 0.3) is 16.9 Å². The smallest absolute Gasteiger partial charge is 0.123 e. The lowest BCUT2D eigenvalue weighted by molar-refractivity contribution is 0.807. The third-order valence-electron chi connectivity index (χ3n) is 2.93. The zero-order valence-corrected chi connectivity index (χ0v) is 10.5. The molecule has 0 aliphatic carbocycles. The first-order valence-electron chi connectivity index (χ1n) is 5.95. The van der Waals surface area contributed by atoms with Gasteiger partial charge in [0.05, 0.1) is 17.6 Å². The molecule has 0 spiro atoms. The van der Waals surface area contributed by atoms with Gasteiger partial charge in [-0.2, -0.15) is 0 Å². The number of nitrogens with two attached hydrogens (primary N) is 1. The van der Waals surface area contributed by atoms with E-state index in [1.54, 1.807) is 16.9 Å². The van der Waals surface area contributed by atoms with Crippen molar-refractivity contribution in [1.29, 1.82) is 0 Å². The van der Waals surface area contributed by atoms with Crippen LogP contribution in [0.3, 0.4) is 0 Å². The summed E-state index contributed by atoms with van der Waals surface area (Å²) in [5.74, 6) is 0.514. The topological polar surface area (TPSA) is 69.6 Å². The van der Waals surface area contributed by atoms with Gasteiger partial charge in [0.2, 0.25) is 0 Å². The number of hydrogen-bond donors (Lipinski definition) is 1. The first-order valence-corrected chi connectivity index (χ1v) is 5.95. The van der Waals surface area contributed by atoms with Crippen molar-refractivity contribution < 1.29 is 0 Å². The molecule has 0 aliphatic rings. The Balaban J connectivity index is 2.15. The van der Waals surface area contributed by atoms with E-state index in [-0.39, 0.29) is 0 Å². The standard InChI is InChI=1S/C14H13N5/c1-10-12(7-8-14(15)17-10)13-9-16-18-19(13)11-5-3-2-4-6-11/h2-9H,1H3,(H2,15,17). The normalized spacial score (nSPS) is 10.6. The number of anilines is 1. The Bertz CT molecular complexity index is 703. The molecule has 0 radical (unpaired) electrons. The summed E-state index contributed by atoms with van der Waals surface area (Å²) < 4.78 is 1.79. The van der Waals surface area contributed by atoms with Crippen molar-refractivity contribution in [1.82, 2.24) is 20.0 Å². The molecule has 2 aromatic heterocycles. The van der Waals surface area contributed by atoms with E-state index < -0.39 is 0 Å². The van der Waals surface area contributed by atoms with Gasteiger partial charge in [0.25, 0.3) is 0 Å². The van der Waals surface area contributed by atoms with Crippen molar-refractivity contribution in [2.45, 2.75) is 6.92 Å². The van der Waals surface area contributed by atoms with Gasteiger partial charge in [-0.25, -0.2) is 9.67 Å². The third kappa shape index (κ3) is 2.06. The maximum Gasteiger partial charge on any atom is 0.123 e. The predicted molar refractivity (Wildman–Crippen MR) is 73.7 cm³/mol. The molecule has 0 fully saturated rings. The summed E-state index contributed by atoms with van der Waals surface area (Å²) in [6.07, 6.45) is 1.73. The van der Waals surface area contributed by atoms with Crippen molar-refractivity contribution >= 4 is 5.82 Å². The molecule has 3 rings (SSSR count). The minimum absolute atomic E-state index is 0.514. The average Bonchev–Trinajstić information content (AvgIpc) is 2.89. The molecular weight excluding hydrogens is 238 g/mol. The van der Waals surface area contributed by atoms with E-state index in [0.717, 1.165) is 22.6 Å². The monoisotopic (exact) mass is 251 g/mol. The second kappa shape index (κ2) is 4.53. The molecule has 2 N–H and O–H groups in total. The van der Waals surface area contributed by atoms with Crippen LogP contribution in [-0.4, -0.2) is 20.0 Å². The molecule has 5 nitrogen and oxygen atoms in total. The summed E-state index contributed by atoms with van der Waals surface area (Å²) >= 11 is 0. The maximum atomic E-state index is 5.68. The van der Waals surface area contributed by atoms with Gasteiger partial charge in [0.15, 0.2) is 0 Å². The Labute approximate surface area is 110 Å². The van der Waals surface area contributed by atoms with Crippen molar-refractivity contribution in [3.8, 4) is 16.9 Å². The molecule has 2 heterocycles. The van der Waals surface area contributed by atoms with Crippen LogP contribution < -0.4 is 5.73 Å². The highest BCUT2D eigenvalue weighted by atomic mass is 15.4. The second-order valence-corrected chi connectivity index (χ2v) is 4.24. The third-order valence-corrected chi connectivity index (χ3v) is 2.93. The Morgan fingerprint density at radius 2 is 1.84 bits per heavy atom. The van der Waals surface area contributed by atoms with Crippen molar-refractivity contribution in [3.63, 3.8) is 0 Å². The maximum absolute atomic E-state index is 5.68. The first kappa shape index (κ1) is 11.4. The van der Waals surface area contributed by atoms with Crippen LogP contribution in [0.5, 0.6) is 0 Å². The predicted octanol–water partition coefficient (Wildman–Crippen LogP) is 2.22. The van der Waals surface area contributed by atoms with E-state index >= 15 is 0 Å². The molecule has 3 aromatic rings. The molecule has 0 saturated carbocycles. The van der Waals surface area contributed by atoms with Gasteiger partial charge in [0, 0.05) is 11.3 Å². The van der Waals surface area contributed by atoms with Gasteiger partial charge >= 0.3 is 0 Å². The number of nitrogens with zero attached hydrogens (tertiary/aromatic N) is 4. The average molecular weight is 251 g/mol. The Morgan fingerprint density at radius 3 is 2.58 bits per heavy atom. The Hall–Kier alpha value is -2.69. The molecule has 5 heteroatoms. The fraction of sp³-hybridized carbons (Fsp3) is 0.0714. The van der Waals surface area contributed by atoms with E-state index in [1.165, 1.54) is 0 Å². The number of aryl methyl sites for hydroxylation is 1. The molecule has 94 valence electrons. The first-order chi connectivity index (χ1) is 9.25. The van der Waals surface area contributed by atoms with Gasteiger partial charge < -0.3 is 5.73 Å². The molecule has 0 aliphatic heterocycles. The van der Waals surface area contributed by atoms with Crippen molar-refractivity contribution in [3.05, 3.63) is 54.4 Å². The molecule has 0 saturated heterocycles. The van der Waals surface area contributed by atoms with Crippen LogP contribution >= 0.6 is 0 Å². The fourth-order valence-electron chi connectivity index (χ4n) is 2.03. The second-order valence-electron chi connectivity index (χ2n) is 4.24. The summed E-state index contributed by atoms with van der Waals surface area (Å²) in [5, 5.41) is 8.13. The van der Waals surface area contributed by atoms with E-state index in [1.807, 2.05) is 43.3 Å². The van der Waals surface area contributed by atoms with E-state index in [9.17, 15) is 0 Å². The van der Waals surface area contributed by atoms with Gasteiger partial charge in [0.1, 0.15) is 5.82 Å². The summed E-state index contributed by atoms with van der Waals surface area (Å²) in [4.78, 5) is 4.27. The highest BCUT2D eigenvalue weighted by Crippen LogP contribution is 2.24. The van der Waals surface area contributed by atoms with Crippen molar-refractivity contribution in [2.75, 3.05) is 5.73 Å². The molecule has 0 unspecified atom stereocenters. The lowest BCUT2D eigenvalue weighted by Gasteiger charge is -2.08. The molecule has 0 atom stereocenters. The lowest BCUT2D eigenvalue weighted by atomic mass is 10.1. The number of aromatic nitrogens is 4. The van der Waals surface area contributed by atoms with E-state index in [0.29, 0.717) is 5.82 Å².